The number of nitrogens with zero attached hydrogens (tertiary/aromatic N) is 1. The zero-order valence-electron chi connectivity index (χ0n) is 13.2. The number of sulfonamides is 1. The van der Waals surface area contributed by atoms with Gasteiger partial charge in [-0.05, 0) is 56.4 Å². The maximum absolute atomic E-state index is 13.1. The Morgan fingerprint density at radius 2 is 1.95 bits per heavy atom. The Morgan fingerprint density at radius 3 is 2.62 bits per heavy atom. The molecule has 4 nitrogen and oxygen atoms in total. The molecule has 118 valence electrons. The predicted molar refractivity (Wildman–Crippen MR) is 86.8 cm³/mol. The average Bonchev–Trinajstić information content (AvgIpc) is 2.68. The van der Waals surface area contributed by atoms with Gasteiger partial charge in [0.1, 0.15) is 0 Å². The Balaban J connectivity index is 2.50. The van der Waals surface area contributed by atoms with Gasteiger partial charge in [0.2, 0.25) is 10.0 Å². The van der Waals surface area contributed by atoms with Crippen LogP contribution in [0.5, 0.6) is 0 Å². The molecule has 0 radical (unpaired) electrons. The number of hydrogen-bond donors (Lipinski definition) is 1. The fraction of sp³-hybridized carbons (Fsp3) is 0.625. The van der Waals surface area contributed by atoms with Crippen molar-refractivity contribution in [3.8, 4) is 0 Å². The normalized spacial score (nSPS) is 21.2. The molecule has 0 bridgehead atoms. The van der Waals surface area contributed by atoms with Crippen molar-refractivity contribution in [2.45, 2.75) is 63.8 Å². The van der Waals surface area contributed by atoms with Crippen molar-refractivity contribution in [1.29, 1.82) is 0 Å². The first-order valence-electron chi connectivity index (χ1n) is 7.76. The van der Waals surface area contributed by atoms with Crippen LogP contribution in [-0.2, 0) is 10.0 Å². The zero-order chi connectivity index (χ0) is 15.6. The lowest BCUT2D eigenvalue weighted by Gasteiger charge is -2.29. The van der Waals surface area contributed by atoms with Crippen LogP contribution in [0, 0.1) is 13.8 Å². The van der Waals surface area contributed by atoms with Crippen molar-refractivity contribution in [2.75, 3.05) is 12.3 Å². The standard InChI is InChI=1S/C16H26N2O2S/c1-4-15-8-6-5-7-9-18(15)21(19,20)16-11-14(17)10-12(2)13(16)3/h10-11,15H,4-9,17H2,1-3H3. The molecular weight excluding hydrogens is 284 g/mol. The minimum atomic E-state index is -3.47. The van der Waals surface area contributed by atoms with Crippen LogP contribution in [0.3, 0.4) is 0 Å². The van der Waals surface area contributed by atoms with Gasteiger partial charge in [-0.2, -0.15) is 4.31 Å². The smallest absolute Gasteiger partial charge is 0.243 e. The topological polar surface area (TPSA) is 63.4 Å². The second-order valence-electron chi connectivity index (χ2n) is 5.99. The van der Waals surface area contributed by atoms with E-state index in [1.54, 1.807) is 10.4 Å². The summed E-state index contributed by atoms with van der Waals surface area (Å²) in [7, 11) is -3.47. The maximum atomic E-state index is 13.1. The maximum Gasteiger partial charge on any atom is 0.243 e. The van der Waals surface area contributed by atoms with Gasteiger partial charge >= 0.3 is 0 Å². The van der Waals surface area contributed by atoms with Crippen LogP contribution >= 0.6 is 0 Å². The van der Waals surface area contributed by atoms with Crippen molar-refractivity contribution in [3.63, 3.8) is 0 Å². The van der Waals surface area contributed by atoms with Crippen LogP contribution in [0.15, 0.2) is 17.0 Å². The monoisotopic (exact) mass is 310 g/mol. The Hall–Kier alpha value is -1.07. The van der Waals surface area contributed by atoms with Gasteiger partial charge in [0.25, 0.3) is 0 Å². The quantitative estimate of drug-likeness (QED) is 0.872. The van der Waals surface area contributed by atoms with E-state index >= 15 is 0 Å². The molecule has 5 heteroatoms. The number of hydrogen-bond acceptors (Lipinski definition) is 3. The summed E-state index contributed by atoms with van der Waals surface area (Å²) in [4.78, 5) is 0.375. The third kappa shape index (κ3) is 3.24. The molecule has 0 aliphatic carbocycles. The molecule has 1 fully saturated rings. The van der Waals surface area contributed by atoms with Crippen LogP contribution in [0.25, 0.3) is 0 Å². The van der Waals surface area contributed by atoms with Crippen LogP contribution in [0.2, 0.25) is 0 Å². The number of benzene rings is 1. The summed E-state index contributed by atoms with van der Waals surface area (Å²) in [6, 6.07) is 3.54. The molecule has 1 aromatic carbocycles. The van der Waals surface area contributed by atoms with Gasteiger partial charge in [0.15, 0.2) is 0 Å². The molecule has 0 saturated carbocycles. The van der Waals surface area contributed by atoms with E-state index in [-0.39, 0.29) is 6.04 Å². The third-order valence-corrected chi connectivity index (χ3v) is 6.60. The molecule has 0 amide bonds. The Kier molecular flexibility index (Phi) is 4.94. The predicted octanol–water partition coefficient (Wildman–Crippen LogP) is 3.23. The molecule has 1 atom stereocenters. The number of aryl methyl sites for hydroxylation is 1. The van der Waals surface area contributed by atoms with Crippen molar-refractivity contribution in [1.82, 2.24) is 4.31 Å². The van der Waals surface area contributed by atoms with Gasteiger partial charge in [-0.1, -0.05) is 19.8 Å². The van der Waals surface area contributed by atoms with Gasteiger partial charge in [-0.3, -0.25) is 0 Å². The largest absolute Gasteiger partial charge is 0.399 e. The van der Waals surface area contributed by atoms with Crippen LogP contribution in [-0.4, -0.2) is 25.3 Å². The van der Waals surface area contributed by atoms with Crippen molar-refractivity contribution in [2.24, 2.45) is 0 Å². The highest BCUT2D eigenvalue weighted by molar-refractivity contribution is 7.89. The molecule has 2 rings (SSSR count). The zero-order valence-corrected chi connectivity index (χ0v) is 14.0. The van der Waals surface area contributed by atoms with E-state index in [0.29, 0.717) is 17.1 Å². The molecular formula is C16H26N2O2S. The summed E-state index contributed by atoms with van der Waals surface area (Å²) >= 11 is 0. The van der Waals surface area contributed by atoms with Gasteiger partial charge in [-0.15, -0.1) is 0 Å². The second kappa shape index (κ2) is 6.36. The second-order valence-corrected chi connectivity index (χ2v) is 7.85. The van der Waals surface area contributed by atoms with E-state index in [4.69, 9.17) is 5.73 Å². The summed E-state index contributed by atoms with van der Waals surface area (Å²) in [6.45, 7) is 6.45. The first-order chi connectivity index (χ1) is 9.87. The fourth-order valence-corrected chi connectivity index (χ4v) is 5.23. The molecule has 1 aromatic rings. The number of nitrogens with two attached hydrogens (primary N) is 1. The minimum Gasteiger partial charge on any atom is -0.399 e. The third-order valence-electron chi connectivity index (χ3n) is 4.52. The highest BCUT2D eigenvalue weighted by Crippen LogP contribution is 2.30. The van der Waals surface area contributed by atoms with Gasteiger partial charge in [-0.25, -0.2) is 8.42 Å². The molecule has 0 aromatic heterocycles. The molecule has 21 heavy (non-hydrogen) atoms. The molecule has 1 unspecified atom stereocenters. The number of rotatable bonds is 3. The van der Waals surface area contributed by atoms with Crippen molar-refractivity contribution >= 4 is 15.7 Å². The van der Waals surface area contributed by atoms with E-state index in [0.717, 1.165) is 43.2 Å². The lowest BCUT2D eigenvalue weighted by Crippen LogP contribution is -2.40. The van der Waals surface area contributed by atoms with E-state index < -0.39 is 10.0 Å². The average molecular weight is 310 g/mol. The minimum absolute atomic E-state index is 0.110. The van der Waals surface area contributed by atoms with Gasteiger partial charge in [0.05, 0.1) is 4.90 Å². The molecule has 2 N–H and O–H groups in total. The Bertz CT molecular complexity index is 611. The lowest BCUT2D eigenvalue weighted by atomic mass is 10.1. The van der Waals surface area contributed by atoms with Crippen LogP contribution in [0.4, 0.5) is 5.69 Å². The Morgan fingerprint density at radius 1 is 1.24 bits per heavy atom. The number of nitrogen functional groups attached to an aromatic ring is 1. The summed E-state index contributed by atoms with van der Waals surface area (Å²) in [5.41, 5.74) is 8.12. The molecule has 1 aliphatic heterocycles. The molecule has 1 aliphatic rings. The summed E-state index contributed by atoms with van der Waals surface area (Å²) < 4.78 is 27.9. The van der Waals surface area contributed by atoms with E-state index in [2.05, 4.69) is 6.92 Å². The fourth-order valence-electron chi connectivity index (χ4n) is 3.12. The van der Waals surface area contributed by atoms with Gasteiger partial charge in [0, 0.05) is 18.3 Å². The molecule has 1 saturated heterocycles. The first-order valence-corrected chi connectivity index (χ1v) is 9.20. The lowest BCUT2D eigenvalue weighted by molar-refractivity contribution is 0.315. The first kappa shape index (κ1) is 16.3. The van der Waals surface area contributed by atoms with E-state index in [1.807, 2.05) is 19.9 Å². The van der Waals surface area contributed by atoms with E-state index in [9.17, 15) is 8.42 Å². The summed E-state index contributed by atoms with van der Waals surface area (Å²) in [5.74, 6) is 0. The Labute approximate surface area is 128 Å². The van der Waals surface area contributed by atoms with E-state index in [1.165, 1.54) is 0 Å². The summed E-state index contributed by atoms with van der Waals surface area (Å²) in [6.07, 6.45) is 4.97. The SMILES string of the molecule is CCC1CCCCCN1S(=O)(=O)c1cc(N)cc(C)c1C. The van der Waals surface area contributed by atoms with Crippen molar-refractivity contribution < 1.29 is 8.42 Å². The highest BCUT2D eigenvalue weighted by atomic mass is 32.2. The molecule has 0 spiro atoms. The summed E-state index contributed by atoms with van der Waals surface area (Å²) in [5, 5.41) is 0. The van der Waals surface area contributed by atoms with Crippen molar-refractivity contribution in [3.05, 3.63) is 23.3 Å². The van der Waals surface area contributed by atoms with Crippen LogP contribution < -0.4 is 5.73 Å². The highest BCUT2D eigenvalue weighted by Gasteiger charge is 2.32. The van der Waals surface area contributed by atoms with Crippen LogP contribution in [0.1, 0.15) is 50.2 Å². The number of anilines is 1. The van der Waals surface area contributed by atoms with Gasteiger partial charge < -0.3 is 5.73 Å². The molecule has 1 heterocycles.